The third-order valence-electron chi connectivity index (χ3n) is 6.31. The van der Waals surface area contributed by atoms with E-state index in [4.69, 9.17) is 0 Å². The van der Waals surface area contributed by atoms with Crippen molar-refractivity contribution in [2.75, 3.05) is 13.6 Å². The Morgan fingerprint density at radius 2 is 1.35 bits per heavy atom. The highest BCUT2D eigenvalue weighted by Gasteiger charge is 2.38. The molecule has 3 fully saturated rings. The maximum atomic E-state index is 3.67. The molecule has 1 N–H and O–H groups in total. The number of nitrogens with one attached hydrogen (secondary N) is 1. The lowest BCUT2D eigenvalue weighted by Gasteiger charge is -2.50. The van der Waals surface area contributed by atoms with Gasteiger partial charge in [0, 0.05) is 18.1 Å². The van der Waals surface area contributed by atoms with E-state index in [1.165, 1.54) is 83.6 Å². The summed E-state index contributed by atoms with van der Waals surface area (Å²) in [5, 5.41) is 3.67. The van der Waals surface area contributed by atoms with Crippen molar-refractivity contribution in [1.82, 2.24) is 10.2 Å². The highest BCUT2D eigenvalue weighted by molar-refractivity contribution is 4.94. The number of hydrogen-bond donors (Lipinski definition) is 1. The first kappa shape index (κ1) is 14.8. The number of likely N-dealkylation sites (N-methyl/N-ethyl adjacent to an activating group) is 1. The van der Waals surface area contributed by atoms with E-state index >= 15 is 0 Å². The molecule has 2 saturated carbocycles. The molecule has 0 bridgehead atoms. The van der Waals surface area contributed by atoms with Gasteiger partial charge in [0.1, 0.15) is 0 Å². The van der Waals surface area contributed by atoms with Gasteiger partial charge in [0.2, 0.25) is 0 Å². The van der Waals surface area contributed by atoms with E-state index in [2.05, 4.69) is 17.3 Å². The Bertz CT molecular complexity index is 289. The van der Waals surface area contributed by atoms with Crippen LogP contribution in [0.5, 0.6) is 0 Å². The highest BCUT2D eigenvalue weighted by Crippen LogP contribution is 2.38. The molecule has 1 saturated heterocycles. The summed E-state index contributed by atoms with van der Waals surface area (Å²) in [6, 6.07) is 2.50. The monoisotopic (exact) mass is 278 g/mol. The summed E-state index contributed by atoms with van der Waals surface area (Å²) in [5.74, 6) is 1.03. The summed E-state index contributed by atoms with van der Waals surface area (Å²) in [7, 11) is 2.20. The molecule has 4 atom stereocenters. The van der Waals surface area contributed by atoms with Crippen LogP contribution in [0.2, 0.25) is 0 Å². The van der Waals surface area contributed by atoms with E-state index < -0.39 is 0 Å². The molecule has 1 heterocycles. The molecular formula is C18H34N2. The maximum Gasteiger partial charge on any atom is 0.0252 e. The van der Waals surface area contributed by atoms with E-state index in [0.717, 1.165) is 24.0 Å². The fraction of sp³-hybridized carbons (Fsp3) is 1.00. The zero-order valence-corrected chi connectivity index (χ0v) is 13.4. The smallest absolute Gasteiger partial charge is 0.0252 e. The number of piperidine rings is 1. The van der Waals surface area contributed by atoms with Crippen LogP contribution in [0, 0.1) is 5.92 Å². The van der Waals surface area contributed by atoms with Gasteiger partial charge in [-0.1, -0.05) is 38.5 Å². The fourth-order valence-electron chi connectivity index (χ4n) is 5.27. The third kappa shape index (κ3) is 3.22. The SMILES string of the molecule is CNC1CCCCCCC1N1CCCC2CCCCC21. The van der Waals surface area contributed by atoms with Crippen molar-refractivity contribution in [1.29, 1.82) is 0 Å². The molecule has 2 heteroatoms. The predicted molar refractivity (Wildman–Crippen MR) is 86.0 cm³/mol. The average Bonchev–Trinajstić information content (AvgIpc) is 2.47. The maximum absolute atomic E-state index is 3.67. The van der Waals surface area contributed by atoms with E-state index in [1.807, 2.05) is 0 Å². The topological polar surface area (TPSA) is 15.3 Å². The minimum absolute atomic E-state index is 0.746. The van der Waals surface area contributed by atoms with Crippen LogP contribution in [-0.4, -0.2) is 36.6 Å². The van der Waals surface area contributed by atoms with Crippen LogP contribution in [0.1, 0.15) is 77.0 Å². The number of hydrogen-bond acceptors (Lipinski definition) is 2. The molecule has 0 aromatic heterocycles. The van der Waals surface area contributed by atoms with Gasteiger partial charge in [-0.3, -0.25) is 4.90 Å². The van der Waals surface area contributed by atoms with Gasteiger partial charge in [-0.05, 0) is 58.0 Å². The molecule has 0 amide bonds. The molecule has 2 aliphatic carbocycles. The third-order valence-corrected chi connectivity index (χ3v) is 6.31. The van der Waals surface area contributed by atoms with Crippen LogP contribution in [0.15, 0.2) is 0 Å². The average molecular weight is 278 g/mol. The van der Waals surface area contributed by atoms with Crippen molar-refractivity contribution in [3.8, 4) is 0 Å². The summed E-state index contributed by atoms with van der Waals surface area (Å²) >= 11 is 0. The van der Waals surface area contributed by atoms with Crippen molar-refractivity contribution >= 4 is 0 Å². The summed E-state index contributed by atoms with van der Waals surface area (Å²) in [5.41, 5.74) is 0. The second kappa shape index (κ2) is 7.26. The van der Waals surface area contributed by atoms with Crippen molar-refractivity contribution in [3.63, 3.8) is 0 Å². The second-order valence-electron chi connectivity index (χ2n) is 7.45. The molecular weight excluding hydrogens is 244 g/mol. The van der Waals surface area contributed by atoms with Gasteiger partial charge in [0.15, 0.2) is 0 Å². The van der Waals surface area contributed by atoms with E-state index in [-0.39, 0.29) is 0 Å². The molecule has 0 aromatic rings. The molecule has 0 aromatic carbocycles. The Hall–Kier alpha value is -0.0800. The van der Waals surface area contributed by atoms with Gasteiger partial charge in [-0.25, -0.2) is 0 Å². The van der Waals surface area contributed by atoms with Gasteiger partial charge in [0.05, 0.1) is 0 Å². The van der Waals surface area contributed by atoms with Crippen LogP contribution < -0.4 is 5.32 Å². The van der Waals surface area contributed by atoms with Crippen molar-refractivity contribution in [2.45, 2.75) is 95.2 Å². The van der Waals surface area contributed by atoms with Crippen LogP contribution in [0.4, 0.5) is 0 Å². The lowest BCUT2D eigenvalue weighted by molar-refractivity contribution is 0.00612. The fourth-order valence-corrected chi connectivity index (χ4v) is 5.27. The second-order valence-corrected chi connectivity index (χ2v) is 7.45. The van der Waals surface area contributed by atoms with Gasteiger partial charge >= 0.3 is 0 Å². The summed E-state index contributed by atoms with van der Waals surface area (Å²) in [4.78, 5) is 2.97. The lowest BCUT2D eigenvalue weighted by Crippen LogP contribution is -2.57. The number of fused-ring (bicyclic) bond motifs is 1. The van der Waals surface area contributed by atoms with Crippen molar-refractivity contribution < 1.29 is 0 Å². The standard InChI is InChI=1S/C18H34N2/c1-19-16-11-4-2-3-5-13-18(16)20-14-8-10-15-9-6-7-12-17(15)20/h15-19H,2-14H2,1H3. The zero-order chi connectivity index (χ0) is 13.8. The predicted octanol–water partition coefficient (Wildman–Crippen LogP) is 3.95. The Balaban J connectivity index is 1.72. The Labute approximate surface area is 125 Å². The van der Waals surface area contributed by atoms with E-state index in [0.29, 0.717) is 0 Å². The van der Waals surface area contributed by atoms with Gasteiger partial charge in [0.25, 0.3) is 0 Å². The molecule has 0 spiro atoms. The lowest BCUT2D eigenvalue weighted by atomic mass is 9.76. The Morgan fingerprint density at radius 3 is 2.20 bits per heavy atom. The summed E-state index contributed by atoms with van der Waals surface area (Å²) < 4.78 is 0. The van der Waals surface area contributed by atoms with Crippen LogP contribution in [0.3, 0.4) is 0 Å². The molecule has 3 aliphatic rings. The van der Waals surface area contributed by atoms with Gasteiger partial charge in [-0.15, -0.1) is 0 Å². The molecule has 2 nitrogen and oxygen atoms in total. The minimum Gasteiger partial charge on any atom is -0.315 e. The number of rotatable bonds is 2. The van der Waals surface area contributed by atoms with Crippen LogP contribution in [0.25, 0.3) is 0 Å². The summed E-state index contributed by atoms with van der Waals surface area (Å²) in [6.45, 7) is 1.38. The molecule has 1 aliphatic heterocycles. The Kier molecular flexibility index (Phi) is 5.39. The molecule has 116 valence electrons. The van der Waals surface area contributed by atoms with Crippen LogP contribution in [-0.2, 0) is 0 Å². The molecule has 0 radical (unpaired) electrons. The van der Waals surface area contributed by atoms with E-state index in [1.54, 1.807) is 0 Å². The number of likely N-dealkylation sites (tertiary alicyclic amines) is 1. The molecule has 20 heavy (non-hydrogen) atoms. The Morgan fingerprint density at radius 1 is 0.700 bits per heavy atom. The first-order chi connectivity index (χ1) is 9.90. The normalized spacial score (nSPS) is 40.6. The minimum atomic E-state index is 0.746. The van der Waals surface area contributed by atoms with E-state index in [9.17, 15) is 0 Å². The van der Waals surface area contributed by atoms with Crippen molar-refractivity contribution in [2.24, 2.45) is 5.92 Å². The van der Waals surface area contributed by atoms with Gasteiger partial charge < -0.3 is 5.32 Å². The van der Waals surface area contributed by atoms with Crippen molar-refractivity contribution in [3.05, 3.63) is 0 Å². The summed E-state index contributed by atoms with van der Waals surface area (Å²) in [6.07, 6.45) is 17.6. The quantitative estimate of drug-likeness (QED) is 0.822. The zero-order valence-electron chi connectivity index (χ0n) is 13.4. The first-order valence-electron chi connectivity index (χ1n) is 9.33. The molecule has 4 unspecified atom stereocenters. The first-order valence-corrected chi connectivity index (χ1v) is 9.33. The highest BCUT2D eigenvalue weighted by atomic mass is 15.2. The van der Waals surface area contributed by atoms with Crippen LogP contribution >= 0.6 is 0 Å². The molecule has 3 rings (SSSR count). The van der Waals surface area contributed by atoms with Gasteiger partial charge in [-0.2, -0.15) is 0 Å². The largest absolute Gasteiger partial charge is 0.315 e. The number of nitrogens with zero attached hydrogens (tertiary/aromatic N) is 1.